The van der Waals surface area contributed by atoms with E-state index in [-0.39, 0.29) is 6.42 Å². The van der Waals surface area contributed by atoms with Gasteiger partial charge in [-0.05, 0) is 45.6 Å². The maximum Gasteiger partial charge on any atom is 0.408 e. The van der Waals surface area contributed by atoms with Gasteiger partial charge in [0, 0.05) is 5.92 Å². The van der Waals surface area contributed by atoms with E-state index in [2.05, 4.69) is 10.6 Å². The van der Waals surface area contributed by atoms with Gasteiger partial charge in [0.25, 0.3) is 0 Å². The summed E-state index contributed by atoms with van der Waals surface area (Å²) in [6, 6.07) is -1.04. The summed E-state index contributed by atoms with van der Waals surface area (Å²) in [5.74, 6) is -3.03. The number of carboxylic acids is 1. The van der Waals surface area contributed by atoms with Gasteiger partial charge < -0.3 is 20.5 Å². The highest BCUT2D eigenvalue weighted by Gasteiger charge is 2.71. The van der Waals surface area contributed by atoms with E-state index in [0.29, 0.717) is 5.75 Å². The first-order valence-corrected chi connectivity index (χ1v) is 11.5. The predicted octanol–water partition coefficient (Wildman–Crippen LogP) is 0.203. The van der Waals surface area contributed by atoms with Crippen LogP contribution < -0.4 is 10.6 Å². The van der Waals surface area contributed by atoms with Crippen molar-refractivity contribution in [3.05, 3.63) is 6.42 Å². The zero-order valence-electron chi connectivity index (χ0n) is 15.6. The lowest BCUT2D eigenvalue weighted by Crippen LogP contribution is -2.62. The number of thioether (sulfide) groups is 1. The number of ether oxygens (including phenoxy) is 1. The Morgan fingerprint density at radius 3 is 2.41 bits per heavy atom. The van der Waals surface area contributed by atoms with Gasteiger partial charge in [-0.25, -0.2) is 18.0 Å². The number of nitrogens with one attached hydrogen (secondary N) is 2. The van der Waals surface area contributed by atoms with Gasteiger partial charge in [0.05, 0.1) is 11.0 Å². The highest BCUT2D eigenvalue weighted by molar-refractivity contribution is 7.98. The Labute approximate surface area is 162 Å². The number of sulfone groups is 1. The highest BCUT2D eigenvalue weighted by atomic mass is 32.2. The number of fused-ring (bicyclic) bond motifs is 1. The van der Waals surface area contributed by atoms with E-state index >= 15 is 0 Å². The van der Waals surface area contributed by atoms with Crippen LogP contribution in [0.25, 0.3) is 0 Å². The Hall–Kier alpha value is -1.49. The second-order valence-corrected chi connectivity index (χ2v) is 10.9. The first kappa shape index (κ1) is 21.8. The molecule has 153 valence electrons. The molecule has 1 heterocycles. The lowest BCUT2D eigenvalue weighted by atomic mass is 9.95. The largest absolute Gasteiger partial charge is 0.479 e. The van der Waals surface area contributed by atoms with Gasteiger partial charge in [-0.1, -0.05) is 0 Å². The van der Waals surface area contributed by atoms with Gasteiger partial charge in [0.15, 0.2) is 15.4 Å². The summed E-state index contributed by atoms with van der Waals surface area (Å²) in [7, 11) is -3.61. The van der Waals surface area contributed by atoms with Gasteiger partial charge in [0.1, 0.15) is 11.6 Å². The second kappa shape index (κ2) is 7.50. The number of carbonyl (C=O) groups excluding carboxylic acids is 2. The third-order valence-corrected chi connectivity index (χ3v) is 7.15. The van der Waals surface area contributed by atoms with Gasteiger partial charge in [-0.15, -0.1) is 0 Å². The molecular formula is C16H25N2O7S2. The minimum Gasteiger partial charge on any atom is -0.479 e. The number of hydrogen-bond acceptors (Lipinski definition) is 7. The predicted molar refractivity (Wildman–Crippen MR) is 100 cm³/mol. The third-order valence-electron chi connectivity index (χ3n) is 4.37. The lowest BCUT2D eigenvalue weighted by Gasteiger charge is -2.29. The van der Waals surface area contributed by atoms with E-state index in [0.717, 1.165) is 0 Å². The van der Waals surface area contributed by atoms with Crippen molar-refractivity contribution in [2.24, 2.45) is 5.92 Å². The first-order chi connectivity index (χ1) is 12.3. The topological polar surface area (TPSA) is 139 Å². The molecule has 0 spiro atoms. The van der Waals surface area contributed by atoms with Crippen molar-refractivity contribution in [1.82, 2.24) is 10.6 Å². The molecule has 2 aliphatic rings. The summed E-state index contributed by atoms with van der Waals surface area (Å²) in [6.45, 7) is 5.03. The molecule has 1 radical (unpaired) electrons. The third kappa shape index (κ3) is 4.87. The van der Waals surface area contributed by atoms with Crippen LogP contribution in [0.4, 0.5) is 4.79 Å². The standard InChI is InChI=1S/C16H25N2O7S2/c1-15(2,3)25-14(22)17-10(5-6-26-4)12(19)18-16(13(20)21)8-27(23,24)11-7-9(11)16/h7,9-11H,5-6,8H2,1-4H3,(H,17,22)(H,18,19)(H,20,21)/t9-,10-,11+,16+/m1/s1. The fourth-order valence-electron chi connectivity index (χ4n) is 3.08. The number of carbonyl (C=O) groups is 3. The average Bonchev–Trinajstić information content (AvgIpc) is 3.26. The van der Waals surface area contributed by atoms with Crippen LogP contribution in [0.1, 0.15) is 27.2 Å². The molecule has 0 unspecified atom stereocenters. The smallest absolute Gasteiger partial charge is 0.408 e. The maximum absolute atomic E-state index is 12.7. The zero-order valence-corrected chi connectivity index (χ0v) is 17.3. The van der Waals surface area contributed by atoms with Crippen molar-refractivity contribution in [3.8, 4) is 0 Å². The number of carboxylic acid groups (broad SMARTS) is 1. The van der Waals surface area contributed by atoms with Crippen LogP contribution in [0.3, 0.4) is 0 Å². The Morgan fingerprint density at radius 2 is 2.00 bits per heavy atom. The Kier molecular flexibility index (Phi) is 6.05. The molecular weight excluding hydrogens is 396 g/mol. The van der Waals surface area contributed by atoms with Crippen LogP contribution in [0.2, 0.25) is 0 Å². The van der Waals surface area contributed by atoms with Crippen LogP contribution in [0.5, 0.6) is 0 Å². The minimum atomic E-state index is -3.61. The first-order valence-electron chi connectivity index (χ1n) is 8.43. The zero-order chi connectivity index (χ0) is 20.6. The van der Waals surface area contributed by atoms with Crippen molar-refractivity contribution < 1.29 is 32.6 Å². The lowest BCUT2D eigenvalue weighted by molar-refractivity contribution is -0.147. The number of aliphatic carboxylic acids is 1. The molecule has 2 rings (SSSR count). The molecule has 11 heteroatoms. The van der Waals surface area contributed by atoms with Crippen molar-refractivity contribution in [2.75, 3.05) is 17.8 Å². The summed E-state index contributed by atoms with van der Waals surface area (Å²) in [5.41, 5.74) is -2.66. The molecule has 3 N–H and O–H groups in total. The molecule has 1 saturated heterocycles. The van der Waals surface area contributed by atoms with E-state index in [1.54, 1.807) is 20.8 Å². The Bertz CT molecular complexity index is 732. The molecule has 0 aromatic heterocycles. The van der Waals surface area contributed by atoms with E-state index < -0.39 is 61.9 Å². The number of rotatable bonds is 7. The van der Waals surface area contributed by atoms with Crippen LogP contribution in [0, 0.1) is 12.3 Å². The quantitative estimate of drug-likeness (QED) is 0.530. The van der Waals surface area contributed by atoms with Crippen LogP contribution in [-0.2, 0) is 24.2 Å². The van der Waals surface area contributed by atoms with Crippen molar-refractivity contribution >= 4 is 39.6 Å². The number of hydrogen-bond donors (Lipinski definition) is 3. The fraction of sp³-hybridized carbons (Fsp3) is 0.750. The number of alkyl carbamates (subject to hydrolysis) is 1. The maximum atomic E-state index is 12.7. The molecule has 1 aliphatic heterocycles. The summed E-state index contributed by atoms with van der Waals surface area (Å²) in [4.78, 5) is 36.6. The van der Waals surface area contributed by atoms with E-state index in [4.69, 9.17) is 4.74 Å². The normalized spacial score (nSPS) is 29.3. The molecule has 9 nitrogen and oxygen atoms in total. The second-order valence-electron chi connectivity index (χ2n) is 7.74. The molecule has 0 aromatic rings. The van der Waals surface area contributed by atoms with Crippen LogP contribution in [-0.4, -0.2) is 71.7 Å². The SMILES string of the molecule is CSCC[C@@H](NC(=O)OC(C)(C)C)C(=O)N[C@@]1(C(=O)O)CS(=O)(=O)[C@H]2[CH][C@H]21. The van der Waals surface area contributed by atoms with Crippen LogP contribution in [0.15, 0.2) is 0 Å². The highest BCUT2D eigenvalue weighted by Crippen LogP contribution is 2.51. The molecule has 4 atom stereocenters. The van der Waals surface area contributed by atoms with E-state index in [1.165, 1.54) is 18.2 Å². The Morgan fingerprint density at radius 1 is 1.37 bits per heavy atom. The molecule has 2 fully saturated rings. The van der Waals surface area contributed by atoms with Crippen molar-refractivity contribution in [1.29, 1.82) is 0 Å². The van der Waals surface area contributed by atoms with Crippen molar-refractivity contribution in [2.45, 2.75) is 49.6 Å². The summed E-state index contributed by atoms with van der Waals surface area (Å²) in [5, 5.41) is 13.6. The van der Waals surface area contributed by atoms with Gasteiger partial charge in [-0.3, -0.25) is 4.79 Å². The van der Waals surface area contributed by atoms with E-state index in [9.17, 15) is 27.9 Å². The van der Waals surface area contributed by atoms with Crippen molar-refractivity contribution in [3.63, 3.8) is 0 Å². The Balaban J connectivity index is 2.15. The van der Waals surface area contributed by atoms with Gasteiger partial charge >= 0.3 is 12.1 Å². The summed E-state index contributed by atoms with van der Waals surface area (Å²) < 4.78 is 29.2. The summed E-state index contributed by atoms with van der Waals surface area (Å²) in [6.07, 6.45) is 2.68. The van der Waals surface area contributed by atoms with E-state index in [1.807, 2.05) is 6.26 Å². The molecule has 0 aromatic carbocycles. The molecule has 27 heavy (non-hydrogen) atoms. The molecule has 1 saturated carbocycles. The molecule has 1 aliphatic carbocycles. The van der Waals surface area contributed by atoms with Gasteiger partial charge in [0.2, 0.25) is 5.91 Å². The minimum absolute atomic E-state index is 0.243. The average molecular weight is 422 g/mol. The van der Waals surface area contributed by atoms with Crippen LogP contribution >= 0.6 is 11.8 Å². The van der Waals surface area contributed by atoms with Gasteiger partial charge in [-0.2, -0.15) is 11.8 Å². The number of amides is 2. The monoisotopic (exact) mass is 421 g/mol. The fourth-order valence-corrected chi connectivity index (χ4v) is 5.85. The molecule has 0 bridgehead atoms. The summed E-state index contributed by atoms with van der Waals surface area (Å²) >= 11 is 1.45. The molecule has 2 amide bonds.